The average molecular weight is 217 g/mol. The molecule has 0 aliphatic rings. The van der Waals surface area contributed by atoms with Crippen molar-refractivity contribution >= 4 is 5.84 Å². The van der Waals surface area contributed by atoms with Gasteiger partial charge in [-0.25, -0.2) is 4.68 Å². The molecule has 3 N–H and O–H groups in total. The maximum atomic E-state index is 8.48. The van der Waals surface area contributed by atoms with Gasteiger partial charge < -0.3 is 10.9 Å². The number of hydrogen-bond acceptors (Lipinski definition) is 4. The first-order chi connectivity index (χ1) is 7.70. The summed E-state index contributed by atoms with van der Waals surface area (Å²) in [5.74, 6) is -0.0109. The number of hydrogen-bond donors (Lipinski definition) is 2. The monoisotopic (exact) mass is 217 g/mol. The quantitative estimate of drug-likeness (QED) is 0.335. The Morgan fingerprint density at radius 1 is 1.44 bits per heavy atom. The van der Waals surface area contributed by atoms with Crippen LogP contribution in [-0.2, 0) is 0 Å². The predicted octanol–water partition coefficient (Wildman–Crippen LogP) is 0.670. The molecule has 6 heteroatoms. The van der Waals surface area contributed by atoms with E-state index in [-0.39, 0.29) is 5.84 Å². The van der Waals surface area contributed by atoms with Gasteiger partial charge in [0.25, 0.3) is 0 Å². The third-order valence-electron chi connectivity index (χ3n) is 2.09. The van der Waals surface area contributed by atoms with Gasteiger partial charge in [0, 0.05) is 6.20 Å². The van der Waals surface area contributed by atoms with Crippen LogP contribution >= 0.6 is 0 Å². The van der Waals surface area contributed by atoms with Crippen LogP contribution in [0.4, 0.5) is 0 Å². The van der Waals surface area contributed by atoms with Crippen LogP contribution in [0.5, 0.6) is 0 Å². The molecule has 82 valence electrons. The number of amidine groups is 1. The number of rotatable bonds is 2. The van der Waals surface area contributed by atoms with Gasteiger partial charge >= 0.3 is 0 Å². The summed E-state index contributed by atoms with van der Waals surface area (Å²) in [6.45, 7) is 1.96. The highest BCUT2D eigenvalue weighted by atomic mass is 16.4. The number of aryl methyl sites for hydroxylation is 1. The standard InChI is InChI=1S/C10H11N5O/c1-7-4-13-15(6-7)8-2-3-9(12-5-8)10(11)14-16/h2-6,16H,1H3,(H2,11,14). The highest BCUT2D eigenvalue weighted by Gasteiger charge is 2.02. The van der Waals surface area contributed by atoms with Gasteiger partial charge in [0.15, 0.2) is 5.84 Å². The largest absolute Gasteiger partial charge is 0.409 e. The van der Waals surface area contributed by atoms with Crippen LogP contribution in [0.15, 0.2) is 35.9 Å². The molecule has 0 bridgehead atoms. The summed E-state index contributed by atoms with van der Waals surface area (Å²) in [5, 5.41) is 15.5. The third-order valence-corrected chi connectivity index (χ3v) is 2.09. The molecule has 0 radical (unpaired) electrons. The fraction of sp³-hybridized carbons (Fsp3) is 0.100. The fourth-order valence-electron chi connectivity index (χ4n) is 1.28. The highest BCUT2D eigenvalue weighted by molar-refractivity contribution is 5.95. The number of nitrogens with two attached hydrogens (primary N) is 1. The van der Waals surface area contributed by atoms with Crippen molar-refractivity contribution < 1.29 is 5.21 Å². The Hall–Kier alpha value is -2.37. The zero-order valence-corrected chi connectivity index (χ0v) is 8.70. The van der Waals surface area contributed by atoms with Crippen LogP contribution in [0.25, 0.3) is 5.69 Å². The lowest BCUT2D eigenvalue weighted by molar-refractivity contribution is 0.318. The molecule has 0 amide bonds. The number of oxime groups is 1. The van der Waals surface area contributed by atoms with Gasteiger partial charge in [0.2, 0.25) is 0 Å². The van der Waals surface area contributed by atoms with E-state index in [1.54, 1.807) is 29.2 Å². The number of pyridine rings is 1. The van der Waals surface area contributed by atoms with Crippen molar-refractivity contribution in [2.45, 2.75) is 6.92 Å². The van der Waals surface area contributed by atoms with Crippen molar-refractivity contribution in [1.82, 2.24) is 14.8 Å². The Labute approximate surface area is 92.0 Å². The summed E-state index contributed by atoms with van der Waals surface area (Å²) in [6, 6.07) is 3.47. The molecule has 6 nitrogen and oxygen atoms in total. The van der Waals surface area contributed by atoms with Crippen LogP contribution in [0, 0.1) is 6.92 Å². The highest BCUT2D eigenvalue weighted by Crippen LogP contribution is 2.07. The minimum Gasteiger partial charge on any atom is -0.409 e. The molecule has 0 atom stereocenters. The summed E-state index contributed by atoms with van der Waals surface area (Å²) in [4.78, 5) is 4.06. The Balaban J connectivity index is 2.33. The smallest absolute Gasteiger partial charge is 0.188 e. The first-order valence-corrected chi connectivity index (χ1v) is 4.66. The van der Waals surface area contributed by atoms with E-state index >= 15 is 0 Å². The van der Waals surface area contributed by atoms with Crippen LogP contribution in [0.1, 0.15) is 11.3 Å². The average Bonchev–Trinajstić information content (AvgIpc) is 2.75. The van der Waals surface area contributed by atoms with Crippen LogP contribution in [0.3, 0.4) is 0 Å². The van der Waals surface area contributed by atoms with E-state index in [2.05, 4.69) is 15.2 Å². The molecule has 0 fully saturated rings. The summed E-state index contributed by atoms with van der Waals surface area (Å²) in [5.41, 5.74) is 7.72. The first-order valence-electron chi connectivity index (χ1n) is 4.66. The molecular formula is C10H11N5O. The van der Waals surface area contributed by atoms with Crippen molar-refractivity contribution in [3.05, 3.63) is 42.0 Å². The zero-order chi connectivity index (χ0) is 11.5. The number of nitrogens with zero attached hydrogens (tertiary/aromatic N) is 4. The summed E-state index contributed by atoms with van der Waals surface area (Å²) < 4.78 is 1.71. The van der Waals surface area contributed by atoms with Gasteiger partial charge in [0.1, 0.15) is 5.69 Å². The predicted molar refractivity (Wildman–Crippen MR) is 58.6 cm³/mol. The van der Waals surface area contributed by atoms with E-state index in [9.17, 15) is 0 Å². The molecule has 0 aliphatic heterocycles. The van der Waals surface area contributed by atoms with Crippen LogP contribution in [-0.4, -0.2) is 25.8 Å². The fourth-order valence-corrected chi connectivity index (χ4v) is 1.28. The molecule has 16 heavy (non-hydrogen) atoms. The lowest BCUT2D eigenvalue weighted by Crippen LogP contribution is -2.14. The molecular weight excluding hydrogens is 206 g/mol. The Morgan fingerprint density at radius 2 is 2.25 bits per heavy atom. The van der Waals surface area contributed by atoms with E-state index in [1.165, 1.54) is 0 Å². The molecule has 0 aliphatic carbocycles. The van der Waals surface area contributed by atoms with Gasteiger partial charge in [-0.3, -0.25) is 4.98 Å². The van der Waals surface area contributed by atoms with E-state index in [4.69, 9.17) is 10.9 Å². The second kappa shape index (κ2) is 4.01. The first kappa shape index (κ1) is 10.2. The SMILES string of the molecule is Cc1cnn(-c2ccc(/C(N)=N/O)nc2)c1. The van der Waals surface area contributed by atoms with Gasteiger partial charge in [0.05, 0.1) is 18.1 Å². The van der Waals surface area contributed by atoms with Gasteiger partial charge in [-0.05, 0) is 24.6 Å². The molecule has 0 spiro atoms. The van der Waals surface area contributed by atoms with Crippen molar-refractivity contribution in [2.75, 3.05) is 0 Å². The molecule has 2 heterocycles. The molecule has 2 aromatic rings. The van der Waals surface area contributed by atoms with E-state index in [1.807, 2.05) is 13.1 Å². The zero-order valence-electron chi connectivity index (χ0n) is 8.70. The normalized spacial score (nSPS) is 11.7. The lowest BCUT2D eigenvalue weighted by atomic mass is 10.3. The van der Waals surface area contributed by atoms with Crippen molar-refractivity contribution in [1.29, 1.82) is 0 Å². The van der Waals surface area contributed by atoms with Crippen molar-refractivity contribution in [3.8, 4) is 5.69 Å². The van der Waals surface area contributed by atoms with Crippen molar-refractivity contribution in [3.63, 3.8) is 0 Å². The van der Waals surface area contributed by atoms with Crippen LogP contribution in [0.2, 0.25) is 0 Å². The second-order valence-electron chi connectivity index (χ2n) is 3.35. The van der Waals surface area contributed by atoms with E-state index in [0.29, 0.717) is 5.69 Å². The molecule has 0 aromatic carbocycles. The van der Waals surface area contributed by atoms with Crippen LogP contribution < -0.4 is 5.73 Å². The third kappa shape index (κ3) is 1.85. The Kier molecular flexibility index (Phi) is 2.55. The summed E-state index contributed by atoms with van der Waals surface area (Å²) in [7, 11) is 0. The minimum atomic E-state index is -0.0109. The molecule has 2 rings (SSSR count). The topological polar surface area (TPSA) is 89.3 Å². The van der Waals surface area contributed by atoms with Gasteiger partial charge in [-0.15, -0.1) is 0 Å². The van der Waals surface area contributed by atoms with E-state index in [0.717, 1.165) is 11.3 Å². The molecule has 0 unspecified atom stereocenters. The molecule has 0 saturated carbocycles. The lowest BCUT2D eigenvalue weighted by Gasteiger charge is -2.01. The summed E-state index contributed by atoms with van der Waals surface area (Å²) >= 11 is 0. The van der Waals surface area contributed by atoms with E-state index < -0.39 is 0 Å². The molecule has 0 saturated heterocycles. The van der Waals surface area contributed by atoms with Crippen molar-refractivity contribution in [2.24, 2.45) is 10.9 Å². The Bertz CT molecular complexity index is 514. The number of aromatic nitrogens is 3. The van der Waals surface area contributed by atoms with Gasteiger partial charge in [-0.1, -0.05) is 5.16 Å². The molecule has 2 aromatic heterocycles. The maximum absolute atomic E-state index is 8.48. The maximum Gasteiger partial charge on any atom is 0.188 e. The second-order valence-corrected chi connectivity index (χ2v) is 3.35. The van der Waals surface area contributed by atoms with Gasteiger partial charge in [-0.2, -0.15) is 5.10 Å². The summed E-state index contributed by atoms with van der Waals surface area (Å²) in [6.07, 6.45) is 5.26. The minimum absolute atomic E-state index is 0.0109. The Morgan fingerprint density at radius 3 is 2.75 bits per heavy atom.